The Morgan fingerprint density at radius 1 is 1.65 bits per heavy atom. The van der Waals surface area contributed by atoms with E-state index in [9.17, 15) is 4.79 Å². The van der Waals surface area contributed by atoms with Crippen LogP contribution < -0.4 is 5.32 Å². The van der Waals surface area contributed by atoms with Crippen LogP contribution in [0.15, 0.2) is 17.5 Å². The molecule has 1 amide bonds. The number of carbonyl (C=O) groups is 1. The van der Waals surface area contributed by atoms with Crippen LogP contribution in [0, 0.1) is 12.3 Å². The lowest BCUT2D eigenvalue weighted by molar-refractivity contribution is 0.0505. The Labute approximate surface area is 106 Å². The first-order valence-corrected chi connectivity index (χ1v) is 6.27. The van der Waals surface area contributed by atoms with Gasteiger partial charge >= 0.3 is 6.09 Å². The molecule has 1 N–H and O–H groups in total. The summed E-state index contributed by atoms with van der Waals surface area (Å²) in [7, 11) is 0. The number of carbonyl (C=O) groups excluding carboxylic acids is 1. The highest BCUT2D eigenvalue weighted by molar-refractivity contribution is 7.10. The van der Waals surface area contributed by atoms with E-state index in [-0.39, 0.29) is 6.04 Å². The lowest BCUT2D eigenvalue weighted by atomic mass is 10.2. The molecule has 0 aliphatic rings. The van der Waals surface area contributed by atoms with Gasteiger partial charge in [-0.3, -0.25) is 0 Å². The van der Waals surface area contributed by atoms with Crippen LogP contribution in [0.5, 0.6) is 0 Å². The van der Waals surface area contributed by atoms with Crippen molar-refractivity contribution in [3.63, 3.8) is 0 Å². The summed E-state index contributed by atoms with van der Waals surface area (Å²) in [6.45, 7) is 5.48. The molecule has 1 aromatic heterocycles. The van der Waals surface area contributed by atoms with Crippen LogP contribution in [0.2, 0.25) is 0 Å². The largest absolute Gasteiger partial charge is 0.444 e. The topological polar surface area (TPSA) is 38.3 Å². The Bertz CT molecular complexity index is 398. The fourth-order valence-electron chi connectivity index (χ4n) is 1.28. The zero-order valence-corrected chi connectivity index (χ0v) is 11.1. The van der Waals surface area contributed by atoms with Gasteiger partial charge in [0.05, 0.1) is 6.04 Å². The molecule has 4 heteroatoms. The van der Waals surface area contributed by atoms with Crippen molar-refractivity contribution in [2.75, 3.05) is 0 Å². The van der Waals surface area contributed by atoms with Crippen LogP contribution in [-0.2, 0) is 4.74 Å². The molecular weight excluding hydrogens is 234 g/mol. The van der Waals surface area contributed by atoms with Gasteiger partial charge in [0.1, 0.15) is 5.60 Å². The van der Waals surface area contributed by atoms with Crippen molar-refractivity contribution >= 4 is 17.4 Å². The molecule has 1 heterocycles. The third-order valence-corrected chi connectivity index (χ3v) is 2.89. The van der Waals surface area contributed by atoms with Gasteiger partial charge in [-0.15, -0.1) is 23.7 Å². The molecule has 17 heavy (non-hydrogen) atoms. The highest BCUT2D eigenvalue weighted by Gasteiger charge is 2.20. The van der Waals surface area contributed by atoms with E-state index in [2.05, 4.69) is 11.2 Å². The van der Waals surface area contributed by atoms with Gasteiger partial charge in [0.15, 0.2) is 0 Å². The molecule has 0 aliphatic carbocycles. The van der Waals surface area contributed by atoms with E-state index in [1.165, 1.54) is 0 Å². The standard InChI is InChI=1S/C13H17NO2S/c1-5-7-10(11-8-6-9-17-11)14-12(15)16-13(2,3)4/h1,6,8-10H,7H2,2-4H3,(H,14,15)/t10-/m1/s1. The first-order chi connectivity index (χ1) is 7.92. The Morgan fingerprint density at radius 2 is 2.35 bits per heavy atom. The van der Waals surface area contributed by atoms with Crippen LogP contribution in [0.25, 0.3) is 0 Å². The second kappa shape index (κ2) is 5.74. The smallest absolute Gasteiger partial charge is 0.408 e. The molecule has 0 unspecified atom stereocenters. The Balaban J connectivity index is 2.63. The summed E-state index contributed by atoms with van der Waals surface area (Å²) < 4.78 is 5.20. The molecule has 0 saturated heterocycles. The third-order valence-electron chi connectivity index (χ3n) is 1.90. The van der Waals surface area contributed by atoms with Crippen LogP contribution >= 0.6 is 11.3 Å². The van der Waals surface area contributed by atoms with Gasteiger partial charge in [0, 0.05) is 11.3 Å². The van der Waals surface area contributed by atoms with Crippen molar-refractivity contribution in [1.29, 1.82) is 0 Å². The summed E-state index contributed by atoms with van der Waals surface area (Å²) in [5, 5.41) is 4.74. The molecule has 0 radical (unpaired) electrons. The van der Waals surface area contributed by atoms with Gasteiger partial charge in [-0.1, -0.05) is 6.07 Å². The maximum absolute atomic E-state index is 11.6. The van der Waals surface area contributed by atoms with E-state index in [1.54, 1.807) is 11.3 Å². The number of rotatable bonds is 3. The zero-order valence-electron chi connectivity index (χ0n) is 10.3. The number of hydrogen-bond donors (Lipinski definition) is 1. The molecule has 0 bridgehead atoms. The molecular formula is C13H17NO2S. The number of thiophene rings is 1. The maximum atomic E-state index is 11.6. The molecule has 0 spiro atoms. The summed E-state index contributed by atoms with van der Waals surface area (Å²) in [5.74, 6) is 2.56. The van der Waals surface area contributed by atoms with E-state index in [0.717, 1.165) is 4.88 Å². The number of nitrogens with one attached hydrogen (secondary N) is 1. The number of terminal acetylenes is 1. The number of hydrogen-bond acceptors (Lipinski definition) is 3. The second-order valence-corrected chi connectivity index (χ2v) is 5.60. The highest BCUT2D eigenvalue weighted by atomic mass is 32.1. The van der Waals surface area contributed by atoms with Crippen molar-refractivity contribution in [3.05, 3.63) is 22.4 Å². The number of alkyl carbamates (subject to hydrolysis) is 1. The van der Waals surface area contributed by atoms with Gasteiger partial charge < -0.3 is 10.1 Å². The number of ether oxygens (including phenoxy) is 1. The van der Waals surface area contributed by atoms with Crippen LogP contribution in [0.4, 0.5) is 4.79 Å². The number of amides is 1. The molecule has 1 aromatic rings. The lowest BCUT2D eigenvalue weighted by Gasteiger charge is -2.22. The maximum Gasteiger partial charge on any atom is 0.408 e. The minimum atomic E-state index is -0.500. The summed E-state index contributed by atoms with van der Waals surface area (Å²) in [5.41, 5.74) is -0.500. The summed E-state index contributed by atoms with van der Waals surface area (Å²) in [6, 6.07) is 3.71. The van der Waals surface area contributed by atoms with E-state index < -0.39 is 11.7 Å². The van der Waals surface area contributed by atoms with E-state index >= 15 is 0 Å². The Kier molecular flexibility index (Phi) is 4.59. The first kappa shape index (κ1) is 13.6. The second-order valence-electron chi connectivity index (χ2n) is 4.62. The average Bonchev–Trinajstić information content (AvgIpc) is 2.66. The van der Waals surface area contributed by atoms with Gasteiger partial charge in [0.2, 0.25) is 0 Å². The SMILES string of the molecule is C#CC[C@@H](NC(=O)OC(C)(C)C)c1cccs1. The van der Waals surface area contributed by atoms with Gasteiger partial charge in [0.25, 0.3) is 0 Å². The van der Waals surface area contributed by atoms with Crippen molar-refractivity contribution in [2.24, 2.45) is 0 Å². The molecule has 0 aliphatic heterocycles. The van der Waals surface area contributed by atoms with E-state index in [0.29, 0.717) is 6.42 Å². The molecule has 0 fully saturated rings. The molecule has 92 valence electrons. The van der Waals surface area contributed by atoms with Crippen LogP contribution in [-0.4, -0.2) is 11.7 Å². The van der Waals surface area contributed by atoms with Gasteiger partial charge in [-0.2, -0.15) is 0 Å². The van der Waals surface area contributed by atoms with E-state index in [4.69, 9.17) is 11.2 Å². The van der Waals surface area contributed by atoms with Gasteiger partial charge in [-0.05, 0) is 32.2 Å². The Morgan fingerprint density at radius 3 is 2.82 bits per heavy atom. The van der Waals surface area contributed by atoms with Gasteiger partial charge in [-0.25, -0.2) is 4.79 Å². The van der Waals surface area contributed by atoms with Crippen LogP contribution in [0.3, 0.4) is 0 Å². The van der Waals surface area contributed by atoms with Crippen molar-refractivity contribution < 1.29 is 9.53 Å². The highest BCUT2D eigenvalue weighted by Crippen LogP contribution is 2.22. The molecule has 1 rings (SSSR count). The third kappa shape index (κ3) is 4.92. The molecule has 3 nitrogen and oxygen atoms in total. The average molecular weight is 251 g/mol. The quantitative estimate of drug-likeness (QED) is 0.837. The van der Waals surface area contributed by atoms with Crippen molar-refractivity contribution in [1.82, 2.24) is 5.32 Å². The van der Waals surface area contributed by atoms with E-state index in [1.807, 2.05) is 38.3 Å². The normalized spacial score (nSPS) is 12.6. The van der Waals surface area contributed by atoms with Crippen molar-refractivity contribution in [2.45, 2.75) is 38.8 Å². The summed E-state index contributed by atoms with van der Waals surface area (Å²) >= 11 is 1.57. The summed E-state index contributed by atoms with van der Waals surface area (Å²) in [4.78, 5) is 12.7. The van der Waals surface area contributed by atoms with Crippen LogP contribution in [0.1, 0.15) is 38.1 Å². The van der Waals surface area contributed by atoms with Crippen molar-refractivity contribution in [3.8, 4) is 12.3 Å². The molecule has 1 atom stereocenters. The molecule has 0 aromatic carbocycles. The lowest BCUT2D eigenvalue weighted by Crippen LogP contribution is -2.34. The fraction of sp³-hybridized carbons (Fsp3) is 0.462. The summed E-state index contributed by atoms with van der Waals surface area (Å²) in [6.07, 6.45) is 5.32. The Hall–Kier alpha value is -1.47. The first-order valence-electron chi connectivity index (χ1n) is 5.39. The minimum Gasteiger partial charge on any atom is -0.444 e. The zero-order chi connectivity index (χ0) is 12.9. The fourth-order valence-corrected chi connectivity index (χ4v) is 2.06. The minimum absolute atomic E-state index is 0.171. The molecule has 0 saturated carbocycles. The predicted molar refractivity (Wildman–Crippen MR) is 69.9 cm³/mol. The predicted octanol–water partition coefficient (Wildman–Crippen LogP) is 3.34. The monoisotopic (exact) mass is 251 g/mol.